The molecule has 1 aromatic rings. The molecule has 0 amide bonds. The van der Waals surface area contributed by atoms with Crippen molar-refractivity contribution in [2.75, 3.05) is 7.11 Å². The molecule has 0 aliphatic carbocycles. The molecular weight excluding hydrogens is 224 g/mol. The van der Waals surface area contributed by atoms with Gasteiger partial charge in [-0.15, -0.1) is 0 Å². The lowest BCUT2D eigenvalue weighted by molar-refractivity contribution is 0.183. The van der Waals surface area contributed by atoms with E-state index in [9.17, 15) is 0 Å². The molecule has 0 fully saturated rings. The summed E-state index contributed by atoms with van der Waals surface area (Å²) in [5.41, 5.74) is 3.85. The largest absolute Gasteiger partial charge is 0.491 e. The molecule has 18 heavy (non-hydrogen) atoms. The molecule has 0 heterocycles. The van der Waals surface area contributed by atoms with Gasteiger partial charge in [-0.1, -0.05) is 19.4 Å². The molecule has 0 N–H and O–H groups in total. The predicted octanol–water partition coefficient (Wildman–Crippen LogP) is 4.27. The minimum absolute atomic E-state index is 0.211. The van der Waals surface area contributed by atoms with Gasteiger partial charge in [-0.05, 0) is 56.4 Å². The Morgan fingerprint density at radius 3 is 2.50 bits per heavy atom. The summed E-state index contributed by atoms with van der Waals surface area (Å²) in [6.45, 7) is 9.17. The van der Waals surface area contributed by atoms with E-state index >= 15 is 0 Å². The van der Waals surface area contributed by atoms with E-state index in [2.05, 4.69) is 39.8 Å². The normalized spacial score (nSPS) is 11.0. The first-order valence-electron chi connectivity index (χ1n) is 6.86. The van der Waals surface area contributed by atoms with Crippen LogP contribution in [-0.2, 0) is 17.8 Å². The fraction of sp³-hybridized carbons (Fsp3) is 0.625. The zero-order valence-electron chi connectivity index (χ0n) is 12.4. The van der Waals surface area contributed by atoms with E-state index in [0.717, 1.165) is 12.2 Å². The Balaban J connectivity index is 3.04. The highest BCUT2D eigenvalue weighted by Crippen LogP contribution is 2.27. The molecule has 0 bridgehead atoms. The summed E-state index contributed by atoms with van der Waals surface area (Å²) < 4.78 is 11.2. The molecule has 0 aromatic heterocycles. The molecule has 0 aliphatic rings. The van der Waals surface area contributed by atoms with Crippen molar-refractivity contribution in [3.05, 3.63) is 28.8 Å². The van der Waals surface area contributed by atoms with Gasteiger partial charge in [-0.2, -0.15) is 0 Å². The van der Waals surface area contributed by atoms with E-state index in [0.29, 0.717) is 6.61 Å². The van der Waals surface area contributed by atoms with Crippen LogP contribution in [0.3, 0.4) is 0 Å². The van der Waals surface area contributed by atoms with Crippen LogP contribution in [0.4, 0.5) is 0 Å². The highest BCUT2D eigenvalue weighted by atomic mass is 16.5. The molecule has 0 saturated heterocycles. The Labute approximate surface area is 111 Å². The lowest BCUT2D eigenvalue weighted by Crippen LogP contribution is -2.09. The van der Waals surface area contributed by atoms with Crippen molar-refractivity contribution in [1.82, 2.24) is 0 Å². The van der Waals surface area contributed by atoms with Gasteiger partial charge in [0.1, 0.15) is 5.75 Å². The first-order chi connectivity index (χ1) is 8.58. The van der Waals surface area contributed by atoms with Crippen LogP contribution in [0.1, 0.15) is 50.3 Å². The third-order valence-corrected chi connectivity index (χ3v) is 2.95. The number of ether oxygens (including phenoxy) is 2. The molecule has 0 saturated carbocycles. The zero-order valence-corrected chi connectivity index (χ0v) is 12.4. The Bertz CT molecular complexity index is 370. The fourth-order valence-corrected chi connectivity index (χ4v) is 2.14. The maximum absolute atomic E-state index is 5.95. The van der Waals surface area contributed by atoms with Gasteiger partial charge in [0.2, 0.25) is 0 Å². The first-order valence-corrected chi connectivity index (χ1v) is 6.86. The molecule has 0 atom stereocenters. The van der Waals surface area contributed by atoms with Crippen LogP contribution in [-0.4, -0.2) is 13.2 Å². The summed E-state index contributed by atoms with van der Waals surface area (Å²) in [6, 6.07) is 4.34. The summed E-state index contributed by atoms with van der Waals surface area (Å²) in [5, 5.41) is 0. The van der Waals surface area contributed by atoms with Gasteiger partial charge in [0, 0.05) is 7.11 Å². The summed E-state index contributed by atoms with van der Waals surface area (Å²) in [7, 11) is 1.73. The Morgan fingerprint density at radius 1 is 1.22 bits per heavy atom. The molecule has 1 rings (SSSR count). The highest BCUT2D eigenvalue weighted by Gasteiger charge is 2.10. The van der Waals surface area contributed by atoms with E-state index in [-0.39, 0.29) is 6.10 Å². The van der Waals surface area contributed by atoms with Crippen molar-refractivity contribution < 1.29 is 9.47 Å². The molecular formula is C16H26O2. The van der Waals surface area contributed by atoms with Crippen molar-refractivity contribution in [2.24, 2.45) is 0 Å². The minimum Gasteiger partial charge on any atom is -0.491 e. The Kier molecular flexibility index (Phi) is 6.20. The second kappa shape index (κ2) is 7.42. The van der Waals surface area contributed by atoms with Crippen LogP contribution in [0.2, 0.25) is 0 Å². The first kappa shape index (κ1) is 15.0. The maximum Gasteiger partial charge on any atom is 0.123 e. The monoisotopic (exact) mass is 250 g/mol. The van der Waals surface area contributed by atoms with Crippen LogP contribution in [0.15, 0.2) is 12.1 Å². The van der Waals surface area contributed by atoms with Crippen LogP contribution >= 0.6 is 0 Å². The number of methoxy groups -OCH3 is 1. The summed E-state index contributed by atoms with van der Waals surface area (Å²) >= 11 is 0. The third kappa shape index (κ3) is 4.34. The lowest BCUT2D eigenvalue weighted by Gasteiger charge is -2.18. The quantitative estimate of drug-likeness (QED) is 0.719. The number of hydrogen-bond donors (Lipinski definition) is 0. The summed E-state index contributed by atoms with van der Waals surface area (Å²) in [4.78, 5) is 0. The van der Waals surface area contributed by atoms with Crippen molar-refractivity contribution in [2.45, 2.75) is 59.7 Å². The van der Waals surface area contributed by atoms with Gasteiger partial charge in [0.15, 0.2) is 0 Å². The van der Waals surface area contributed by atoms with Crippen molar-refractivity contribution >= 4 is 0 Å². The van der Waals surface area contributed by atoms with Crippen LogP contribution in [0, 0.1) is 6.92 Å². The smallest absolute Gasteiger partial charge is 0.123 e. The van der Waals surface area contributed by atoms with Gasteiger partial charge in [-0.3, -0.25) is 0 Å². The van der Waals surface area contributed by atoms with Crippen LogP contribution < -0.4 is 4.74 Å². The number of hydrogen-bond acceptors (Lipinski definition) is 2. The predicted molar refractivity (Wildman–Crippen MR) is 76.3 cm³/mol. The molecule has 2 nitrogen and oxygen atoms in total. The fourth-order valence-electron chi connectivity index (χ4n) is 2.14. The number of rotatable bonds is 7. The standard InChI is InChI=1S/C16H26O2/c1-6-7-8-15-13(4)9-14(11-17-5)10-16(15)18-12(2)3/h9-10,12H,6-8,11H2,1-5H3. The summed E-state index contributed by atoms with van der Waals surface area (Å²) in [5.74, 6) is 1.03. The maximum atomic E-state index is 5.95. The van der Waals surface area contributed by atoms with Gasteiger partial charge in [0.25, 0.3) is 0 Å². The van der Waals surface area contributed by atoms with Gasteiger partial charge >= 0.3 is 0 Å². The second-order valence-electron chi connectivity index (χ2n) is 5.09. The second-order valence-corrected chi connectivity index (χ2v) is 5.09. The average Bonchev–Trinajstić information content (AvgIpc) is 2.27. The number of unbranched alkanes of at least 4 members (excludes halogenated alkanes) is 1. The molecule has 0 radical (unpaired) electrons. The molecule has 0 unspecified atom stereocenters. The van der Waals surface area contributed by atoms with Crippen LogP contribution in [0.25, 0.3) is 0 Å². The lowest BCUT2D eigenvalue weighted by atomic mass is 9.99. The number of aryl methyl sites for hydroxylation is 1. The third-order valence-electron chi connectivity index (χ3n) is 2.95. The molecule has 1 aromatic carbocycles. The van der Waals surface area contributed by atoms with E-state index in [1.807, 2.05) is 0 Å². The molecule has 0 aliphatic heterocycles. The zero-order chi connectivity index (χ0) is 13.5. The number of benzene rings is 1. The van der Waals surface area contributed by atoms with Gasteiger partial charge in [-0.25, -0.2) is 0 Å². The average molecular weight is 250 g/mol. The molecule has 102 valence electrons. The van der Waals surface area contributed by atoms with Crippen molar-refractivity contribution in [3.63, 3.8) is 0 Å². The minimum atomic E-state index is 0.211. The Morgan fingerprint density at radius 2 is 1.94 bits per heavy atom. The molecule has 2 heteroatoms. The highest BCUT2D eigenvalue weighted by molar-refractivity contribution is 5.43. The van der Waals surface area contributed by atoms with E-state index in [1.165, 1.54) is 29.5 Å². The van der Waals surface area contributed by atoms with Gasteiger partial charge < -0.3 is 9.47 Å². The summed E-state index contributed by atoms with van der Waals surface area (Å²) in [6.07, 6.45) is 3.72. The van der Waals surface area contributed by atoms with Crippen molar-refractivity contribution in [1.29, 1.82) is 0 Å². The van der Waals surface area contributed by atoms with E-state index < -0.39 is 0 Å². The van der Waals surface area contributed by atoms with Gasteiger partial charge in [0.05, 0.1) is 12.7 Å². The SMILES string of the molecule is CCCCc1c(C)cc(COC)cc1OC(C)C. The van der Waals surface area contributed by atoms with E-state index in [1.54, 1.807) is 7.11 Å². The topological polar surface area (TPSA) is 18.5 Å². The Hall–Kier alpha value is -1.02. The van der Waals surface area contributed by atoms with E-state index in [4.69, 9.17) is 9.47 Å². The van der Waals surface area contributed by atoms with Crippen LogP contribution in [0.5, 0.6) is 5.75 Å². The van der Waals surface area contributed by atoms with Crippen molar-refractivity contribution in [3.8, 4) is 5.75 Å². The molecule has 0 spiro atoms.